The Labute approximate surface area is 166 Å². The monoisotopic (exact) mass is 406 g/mol. The average Bonchev–Trinajstić information content (AvgIpc) is 3.17. The average molecular weight is 407 g/mol. The summed E-state index contributed by atoms with van der Waals surface area (Å²) in [5.41, 5.74) is 2.08. The Bertz CT molecular complexity index is 920. The molecule has 4 nitrogen and oxygen atoms in total. The van der Waals surface area contributed by atoms with Gasteiger partial charge in [0.25, 0.3) is 11.8 Å². The highest BCUT2D eigenvalue weighted by atomic mass is 35.5. The fraction of sp³-hybridized carbons (Fsp3) is 0.263. The molecule has 2 aliphatic heterocycles. The Morgan fingerprint density at radius 1 is 1.19 bits per heavy atom. The van der Waals surface area contributed by atoms with Crippen molar-refractivity contribution in [2.24, 2.45) is 0 Å². The maximum absolute atomic E-state index is 13.4. The second-order valence-corrected chi connectivity index (χ2v) is 8.33. The van der Waals surface area contributed by atoms with E-state index >= 15 is 0 Å². The molecule has 134 valence electrons. The van der Waals surface area contributed by atoms with E-state index in [1.54, 1.807) is 46.2 Å². The third-order valence-electron chi connectivity index (χ3n) is 4.79. The lowest BCUT2D eigenvalue weighted by molar-refractivity contribution is -0.123. The summed E-state index contributed by atoms with van der Waals surface area (Å²) in [6.45, 7) is 2.96. The Morgan fingerprint density at radius 3 is 2.69 bits per heavy atom. The highest BCUT2D eigenvalue weighted by molar-refractivity contribution is 8.01. The second-order valence-electron chi connectivity index (χ2n) is 6.17. The molecule has 0 saturated carbocycles. The van der Waals surface area contributed by atoms with Gasteiger partial charge < -0.3 is 9.80 Å². The normalized spacial score (nSPS) is 21.6. The number of benzene rings is 2. The molecule has 26 heavy (non-hydrogen) atoms. The van der Waals surface area contributed by atoms with E-state index in [4.69, 9.17) is 23.2 Å². The van der Waals surface area contributed by atoms with E-state index in [0.29, 0.717) is 34.5 Å². The first-order valence-electron chi connectivity index (χ1n) is 8.32. The van der Waals surface area contributed by atoms with Crippen LogP contribution in [0, 0.1) is 0 Å². The number of hydrogen-bond acceptors (Lipinski definition) is 3. The molecule has 2 heterocycles. The van der Waals surface area contributed by atoms with Gasteiger partial charge in [-0.15, -0.1) is 11.8 Å². The minimum Gasteiger partial charge on any atom is -0.311 e. The summed E-state index contributed by atoms with van der Waals surface area (Å²) in [4.78, 5) is 29.0. The molecule has 7 heteroatoms. The van der Waals surface area contributed by atoms with Crippen molar-refractivity contribution in [1.29, 1.82) is 0 Å². The van der Waals surface area contributed by atoms with Crippen molar-refractivity contribution in [1.82, 2.24) is 4.90 Å². The summed E-state index contributed by atoms with van der Waals surface area (Å²) in [6.07, 6.45) is 0. The minimum absolute atomic E-state index is 0.0878. The van der Waals surface area contributed by atoms with Gasteiger partial charge >= 0.3 is 0 Å². The van der Waals surface area contributed by atoms with Gasteiger partial charge in [0.1, 0.15) is 0 Å². The minimum atomic E-state index is -1.06. The zero-order valence-corrected chi connectivity index (χ0v) is 16.4. The molecule has 2 aromatic rings. The van der Waals surface area contributed by atoms with E-state index in [1.165, 1.54) is 11.8 Å². The highest BCUT2D eigenvalue weighted by Gasteiger charge is 2.59. The summed E-state index contributed by atoms with van der Waals surface area (Å²) in [5.74, 6) is 0.395. The van der Waals surface area contributed by atoms with Crippen LogP contribution in [0.3, 0.4) is 0 Å². The predicted octanol–water partition coefficient (Wildman–Crippen LogP) is 4.40. The van der Waals surface area contributed by atoms with Gasteiger partial charge in [-0.1, -0.05) is 29.3 Å². The van der Waals surface area contributed by atoms with Crippen LogP contribution in [-0.4, -0.2) is 35.6 Å². The maximum Gasteiger partial charge on any atom is 0.268 e. The fourth-order valence-corrected chi connectivity index (χ4v) is 5.49. The quantitative estimate of drug-likeness (QED) is 0.741. The molecule has 1 fully saturated rings. The summed E-state index contributed by atoms with van der Waals surface area (Å²) in [5, 5.41) is 1.05. The number of nitrogens with zero attached hydrogens (tertiary/aromatic N) is 2. The molecule has 4 rings (SSSR count). The zero-order valence-electron chi connectivity index (χ0n) is 14.0. The number of rotatable bonds is 2. The molecule has 0 aliphatic carbocycles. The molecule has 0 unspecified atom stereocenters. The van der Waals surface area contributed by atoms with E-state index in [2.05, 4.69) is 0 Å². The molecule has 2 aromatic carbocycles. The van der Waals surface area contributed by atoms with Crippen LogP contribution in [0.5, 0.6) is 0 Å². The lowest BCUT2D eigenvalue weighted by atomic mass is 10.0. The van der Waals surface area contributed by atoms with E-state index in [-0.39, 0.29) is 11.8 Å². The molecule has 1 saturated heterocycles. The summed E-state index contributed by atoms with van der Waals surface area (Å²) in [7, 11) is 0. The number of thioether (sulfide) groups is 1. The molecular formula is C19H16Cl2N2O2S. The van der Waals surface area contributed by atoms with Gasteiger partial charge in [0.2, 0.25) is 0 Å². The van der Waals surface area contributed by atoms with Crippen LogP contribution in [0.1, 0.15) is 22.8 Å². The number of carbonyl (C=O) groups is 2. The van der Waals surface area contributed by atoms with E-state index < -0.39 is 4.87 Å². The van der Waals surface area contributed by atoms with Crippen LogP contribution in [0.4, 0.5) is 5.69 Å². The molecule has 1 spiro atoms. The smallest absolute Gasteiger partial charge is 0.268 e. The molecular weight excluding hydrogens is 391 g/mol. The number of halogens is 2. The molecule has 2 aliphatic rings. The number of likely N-dealkylation sites (N-methyl/N-ethyl adjacent to an activating group) is 1. The number of fused-ring (bicyclic) bond motifs is 2. The standard InChI is InChI=1S/C19H16Cl2N2O2S/c1-2-22-16-7-6-14(21)11-15(16)19(18(22)25)23(8-9-26-19)17(24)12-4-3-5-13(20)10-12/h3-7,10-11H,2,8-9H2,1H3/t19-/m0/s1. The summed E-state index contributed by atoms with van der Waals surface area (Å²) < 4.78 is 0. The summed E-state index contributed by atoms with van der Waals surface area (Å²) >= 11 is 13.8. The number of hydrogen-bond donors (Lipinski definition) is 0. The first-order valence-corrected chi connectivity index (χ1v) is 10.1. The van der Waals surface area contributed by atoms with Crippen LogP contribution < -0.4 is 4.90 Å². The van der Waals surface area contributed by atoms with Crippen LogP contribution in [0.15, 0.2) is 42.5 Å². The molecule has 0 radical (unpaired) electrons. The fourth-order valence-electron chi connectivity index (χ4n) is 3.68. The largest absolute Gasteiger partial charge is 0.311 e. The molecule has 0 aromatic heterocycles. The first kappa shape index (κ1) is 17.7. The predicted molar refractivity (Wildman–Crippen MR) is 106 cm³/mol. The second kappa shape index (κ2) is 6.48. The number of anilines is 1. The van der Waals surface area contributed by atoms with Gasteiger partial charge in [0.15, 0.2) is 4.87 Å². The van der Waals surface area contributed by atoms with Crippen LogP contribution >= 0.6 is 35.0 Å². The Kier molecular flexibility index (Phi) is 4.41. The third-order valence-corrected chi connectivity index (χ3v) is 6.68. The van der Waals surface area contributed by atoms with E-state index in [0.717, 1.165) is 11.3 Å². The van der Waals surface area contributed by atoms with Gasteiger partial charge in [0.05, 0.1) is 5.69 Å². The Hall–Kier alpha value is -1.69. The van der Waals surface area contributed by atoms with Crippen LogP contribution in [-0.2, 0) is 9.67 Å². The van der Waals surface area contributed by atoms with Crippen molar-refractivity contribution >= 4 is 52.5 Å². The molecule has 1 atom stereocenters. The maximum atomic E-state index is 13.4. The molecule has 0 bridgehead atoms. The lowest BCUT2D eigenvalue weighted by Gasteiger charge is -2.33. The van der Waals surface area contributed by atoms with Crippen molar-refractivity contribution in [3.63, 3.8) is 0 Å². The Morgan fingerprint density at radius 2 is 1.96 bits per heavy atom. The highest BCUT2D eigenvalue weighted by Crippen LogP contribution is 2.54. The lowest BCUT2D eigenvalue weighted by Crippen LogP contribution is -2.50. The van der Waals surface area contributed by atoms with Crippen molar-refractivity contribution < 1.29 is 9.59 Å². The van der Waals surface area contributed by atoms with Crippen molar-refractivity contribution in [3.8, 4) is 0 Å². The topological polar surface area (TPSA) is 40.6 Å². The molecule has 2 amide bonds. The zero-order chi connectivity index (χ0) is 18.5. The number of carbonyl (C=O) groups excluding carboxylic acids is 2. The Balaban J connectivity index is 1.86. The van der Waals surface area contributed by atoms with Crippen LogP contribution in [0.25, 0.3) is 0 Å². The molecule has 0 N–H and O–H groups in total. The number of amides is 2. The van der Waals surface area contributed by atoms with E-state index in [1.807, 2.05) is 13.0 Å². The van der Waals surface area contributed by atoms with Crippen LogP contribution in [0.2, 0.25) is 10.0 Å². The van der Waals surface area contributed by atoms with Gasteiger partial charge in [-0.05, 0) is 43.3 Å². The first-order chi connectivity index (χ1) is 12.5. The van der Waals surface area contributed by atoms with Gasteiger partial charge in [0, 0.05) is 40.0 Å². The van der Waals surface area contributed by atoms with Gasteiger partial charge in [-0.3, -0.25) is 9.59 Å². The van der Waals surface area contributed by atoms with E-state index in [9.17, 15) is 9.59 Å². The van der Waals surface area contributed by atoms with Crippen molar-refractivity contribution in [2.45, 2.75) is 11.8 Å². The van der Waals surface area contributed by atoms with Gasteiger partial charge in [-0.2, -0.15) is 0 Å². The van der Waals surface area contributed by atoms with Crippen molar-refractivity contribution in [2.75, 3.05) is 23.7 Å². The van der Waals surface area contributed by atoms with Gasteiger partial charge in [-0.25, -0.2) is 0 Å². The summed E-state index contributed by atoms with van der Waals surface area (Å²) in [6, 6.07) is 12.3. The SMILES string of the molecule is CCN1C(=O)[C@@]2(SCCN2C(=O)c2cccc(Cl)c2)c2cc(Cl)ccc21. The van der Waals surface area contributed by atoms with Crippen molar-refractivity contribution in [3.05, 3.63) is 63.6 Å². The third kappa shape index (κ3) is 2.45.